The maximum Gasteiger partial charge on any atom is 0.341 e. The highest BCUT2D eigenvalue weighted by atomic mass is 16.5. The van der Waals surface area contributed by atoms with Gasteiger partial charge in [0.05, 0.1) is 25.8 Å². The van der Waals surface area contributed by atoms with Crippen molar-refractivity contribution in [3.05, 3.63) is 35.9 Å². The summed E-state index contributed by atoms with van der Waals surface area (Å²) in [5, 5.41) is 12.8. The Bertz CT molecular complexity index is 352. The van der Waals surface area contributed by atoms with Crippen molar-refractivity contribution in [2.45, 2.75) is 12.6 Å². The SMILES string of the molecule is O=C(NC1COC1)N(O)Cc1ccccc1. The van der Waals surface area contributed by atoms with Gasteiger partial charge in [-0.2, -0.15) is 0 Å². The minimum atomic E-state index is -0.489. The third-order valence-electron chi connectivity index (χ3n) is 2.38. The van der Waals surface area contributed by atoms with Crippen LogP contribution in [0.2, 0.25) is 0 Å². The maximum atomic E-state index is 11.5. The molecule has 0 aliphatic carbocycles. The molecule has 1 fully saturated rings. The molecule has 5 heteroatoms. The number of ether oxygens (including phenoxy) is 1. The van der Waals surface area contributed by atoms with E-state index in [1.165, 1.54) is 0 Å². The van der Waals surface area contributed by atoms with E-state index in [9.17, 15) is 10.0 Å². The molecule has 0 unspecified atom stereocenters. The third-order valence-corrected chi connectivity index (χ3v) is 2.38. The van der Waals surface area contributed by atoms with E-state index in [0.717, 1.165) is 5.56 Å². The van der Waals surface area contributed by atoms with Gasteiger partial charge in [0.2, 0.25) is 0 Å². The second kappa shape index (κ2) is 4.96. The van der Waals surface area contributed by atoms with E-state index in [-0.39, 0.29) is 12.6 Å². The summed E-state index contributed by atoms with van der Waals surface area (Å²) < 4.78 is 4.92. The number of hydrogen-bond acceptors (Lipinski definition) is 3. The molecule has 1 aliphatic rings. The molecule has 2 rings (SSSR count). The number of rotatable bonds is 3. The Kier molecular flexibility index (Phi) is 3.38. The van der Waals surface area contributed by atoms with Gasteiger partial charge >= 0.3 is 6.03 Å². The Labute approximate surface area is 93.6 Å². The van der Waals surface area contributed by atoms with E-state index in [1.807, 2.05) is 30.3 Å². The zero-order valence-electron chi connectivity index (χ0n) is 8.80. The van der Waals surface area contributed by atoms with Crippen LogP contribution in [0.1, 0.15) is 5.56 Å². The minimum Gasteiger partial charge on any atom is -0.377 e. The van der Waals surface area contributed by atoms with Crippen LogP contribution < -0.4 is 5.32 Å². The quantitative estimate of drug-likeness (QED) is 0.592. The van der Waals surface area contributed by atoms with Crippen LogP contribution in [0.25, 0.3) is 0 Å². The normalized spacial score (nSPS) is 15.3. The molecular formula is C11H14N2O3. The fourth-order valence-electron chi connectivity index (χ4n) is 1.40. The molecule has 86 valence electrons. The van der Waals surface area contributed by atoms with E-state index in [4.69, 9.17) is 4.74 Å². The van der Waals surface area contributed by atoms with Crippen LogP contribution in [0.15, 0.2) is 30.3 Å². The first kappa shape index (κ1) is 10.9. The Hall–Kier alpha value is -1.59. The molecule has 0 aromatic heterocycles. The van der Waals surface area contributed by atoms with E-state index in [0.29, 0.717) is 18.3 Å². The summed E-state index contributed by atoms with van der Waals surface area (Å²) in [6, 6.07) is 8.85. The zero-order chi connectivity index (χ0) is 11.4. The largest absolute Gasteiger partial charge is 0.377 e. The minimum absolute atomic E-state index is 0.0259. The Morgan fingerprint density at radius 2 is 2.12 bits per heavy atom. The molecule has 0 atom stereocenters. The highest BCUT2D eigenvalue weighted by Gasteiger charge is 2.22. The average Bonchev–Trinajstić information content (AvgIpc) is 2.24. The molecule has 1 aliphatic heterocycles. The van der Waals surface area contributed by atoms with Crippen LogP contribution in [0, 0.1) is 0 Å². The van der Waals surface area contributed by atoms with Crippen molar-refractivity contribution in [2.75, 3.05) is 13.2 Å². The van der Waals surface area contributed by atoms with Crippen LogP contribution in [0.5, 0.6) is 0 Å². The first-order chi connectivity index (χ1) is 7.75. The average molecular weight is 222 g/mol. The molecule has 5 nitrogen and oxygen atoms in total. The lowest BCUT2D eigenvalue weighted by Gasteiger charge is -2.28. The van der Waals surface area contributed by atoms with Gasteiger partial charge in [0, 0.05) is 0 Å². The van der Waals surface area contributed by atoms with Gasteiger partial charge in [-0.25, -0.2) is 9.86 Å². The standard InChI is InChI=1S/C11H14N2O3/c14-11(12-10-7-16-8-10)13(15)6-9-4-2-1-3-5-9/h1-5,10,15H,6-8H2,(H,12,14). The molecule has 1 aromatic carbocycles. The van der Waals surface area contributed by atoms with Gasteiger partial charge in [0.25, 0.3) is 0 Å². The van der Waals surface area contributed by atoms with Gasteiger partial charge in [-0.05, 0) is 5.56 Å². The second-order valence-electron chi connectivity index (χ2n) is 3.73. The third kappa shape index (κ3) is 2.71. The van der Waals surface area contributed by atoms with Crippen molar-refractivity contribution in [3.63, 3.8) is 0 Å². The molecule has 2 N–H and O–H groups in total. The molecule has 1 aromatic rings. The lowest BCUT2D eigenvalue weighted by Crippen LogP contribution is -2.52. The fraction of sp³-hybridized carbons (Fsp3) is 0.364. The summed E-state index contributed by atoms with van der Waals surface area (Å²) in [4.78, 5) is 11.5. The Balaban J connectivity index is 1.82. The predicted octanol–water partition coefficient (Wildman–Crippen LogP) is 0.986. The number of hydroxylamine groups is 2. The van der Waals surface area contributed by atoms with Crippen LogP contribution in [0.4, 0.5) is 4.79 Å². The predicted molar refractivity (Wildman–Crippen MR) is 56.9 cm³/mol. The van der Waals surface area contributed by atoms with Crippen molar-refractivity contribution >= 4 is 6.03 Å². The first-order valence-corrected chi connectivity index (χ1v) is 5.14. The first-order valence-electron chi connectivity index (χ1n) is 5.14. The van der Waals surface area contributed by atoms with E-state index in [2.05, 4.69) is 5.32 Å². The maximum absolute atomic E-state index is 11.5. The second-order valence-corrected chi connectivity index (χ2v) is 3.73. The number of amides is 2. The lowest BCUT2D eigenvalue weighted by atomic mass is 10.2. The molecule has 16 heavy (non-hydrogen) atoms. The lowest BCUT2D eigenvalue weighted by molar-refractivity contribution is -0.0611. The molecule has 1 saturated heterocycles. The molecule has 2 amide bonds. The van der Waals surface area contributed by atoms with Gasteiger partial charge < -0.3 is 10.1 Å². The van der Waals surface area contributed by atoms with Gasteiger partial charge in [-0.1, -0.05) is 30.3 Å². The Morgan fingerprint density at radius 3 is 2.69 bits per heavy atom. The molecule has 1 heterocycles. The van der Waals surface area contributed by atoms with Gasteiger partial charge in [0.15, 0.2) is 0 Å². The number of nitrogens with zero attached hydrogens (tertiary/aromatic N) is 1. The van der Waals surface area contributed by atoms with Gasteiger partial charge in [-0.15, -0.1) is 0 Å². The smallest absolute Gasteiger partial charge is 0.341 e. The summed E-state index contributed by atoms with van der Waals surface area (Å²) in [5.41, 5.74) is 0.880. The van der Waals surface area contributed by atoms with Crippen molar-refractivity contribution in [1.82, 2.24) is 10.4 Å². The summed E-state index contributed by atoms with van der Waals surface area (Å²) in [7, 11) is 0. The zero-order valence-corrected chi connectivity index (χ0v) is 8.80. The van der Waals surface area contributed by atoms with Crippen LogP contribution in [-0.4, -0.2) is 35.6 Å². The number of carbonyl (C=O) groups is 1. The van der Waals surface area contributed by atoms with E-state index >= 15 is 0 Å². The van der Waals surface area contributed by atoms with E-state index < -0.39 is 6.03 Å². The van der Waals surface area contributed by atoms with Crippen molar-refractivity contribution in [1.29, 1.82) is 0 Å². The molecule has 0 bridgehead atoms. The summed E-state index contributed by atoms with van der Waals surface area (Å²) in [5.74, 6) is 0. The van der Waals surface area contributed by atoms with Gasteiger partial charge in [0.1, 0.15) is 0 Å². The number of urea groups is 1. The highest BCUT2D eigenvalue weighted by molar-refractivity contribution is 5.73. The molecule has 0 spiro atoms. The van der Waals surface area contributed by atoms with Gasteiger partial charge in [-0.3, -0.25) is 5.21 Å². The number of hydrogen-bond donors (Lipinski definition) is 2. The fourth-order valence-corrected chi connectivity index (χ4v) is 1.40. The topological polar surface area (TPSA) is 61.8 Å². The van der Waals surface area contributed by atoms with Crippen LogP contribution >= 0.6 is 0 Å². The van der Waals surface area contributed by atoms with Crippen LogP contribution in [0.3, 0.4) is 0 Å². The van der Waals surface area contributed by atoms with Crippen molar-refractivity contribution < 1.29 is 14.7 Å². The summed E-state index contributed by atoms with van der Waals surface area (Å²) >= 11 is 0. The Morgan fingerprint density at radius 1 is 1.44 bits per heavy atom. The summed E-state index contributed by atoms with van der Waals surface area (Å²) in [6.07, 6.45) is 0. The number of carbonyl (C=O) groups excluding carboxylic acids is 1. The number of benzene rings is 1. The molecule has 0 radical (unpaired) electrons. The van der Waals surface area contributed by atoms with E-state index in [1.54, 1.807) is 0 Å². The summed E-state index contributed by atoms with van der Waals surface area (Å²) in [6.45, 7) is 1.22. The highest BCUT2D eigenvalue weighted by Crippen LogP contribution is 2.04. The van der Waals surface area contributed by atoms with Crippen molar-refractivity contribution in [2.24, 2.45) is 0 Å². The van der Waals surface area contributed by atoms with Crippen LogP contribution in [-0.2, 0) is 11.3 Å². The van der Waals surface area contributed by atoms with Crippen molar-refractivity contribution in [3.8, 4) is 0 Å². The molecule has 0 saturated carbocycles. The molecular weight excluding hydrogens is 208 g/mol. The number of nitrogens with one attached hydrogen (secondary N) is 1. The monoisotopic (exact) mass is 222 g/mol.